The third kappa shape index (κ3) is 4.77. The lowest BCUT2D eigenvalue weighted by molar-refractivity contribution is 0.400. The molecule has 0 aliphatic heterocycles. The van der Waals surface area contributed by atoms with Gasteiger partial charge in [-0.3, -0.25) is 0 Å². The summed E-state index contributed by atoms with van der Waals surface area (Å²) in [4.78, 5) is 9.19. The van der Waals surface area contributed by atoms with Gasteiger partial charge >= 0.3 is 0 Å². The van der Waals surface area contributed by atoms with Gasteiger partial charge in [0.2, 0.25) is 0 Å². The highest BCUT2D eigenvalue weighted by molar-refractivity contribution is 14.1. The van der Waals surface area contributed by atoms with Crippen molar-refractivity contribution in [2.75, 3.05) is 11.9 Å². The molecule has 0 atom stereocenters. The lowest BCUT2D eigenvalue weighted by atomic mass is 9.92. The molecule has 17 heavy (non-hydrogen) atoms. The van der Waals surface area contributed by atoms with Gasteiger partial charge in [0.15, 0.2) is 0 Å². The molecule has 0 spiro atoms. The second kappa shape index (κ2) is 5.98. The van der Waals surface area contributed by atoms with E-state index in [1.165, 1.54) is 0 Å². The van der Waals surface area contributed by atoms with Gasteiger partial charge in [-0.15, -0.1) is 0 Å². The van der Waals surface area contributed by atoms with Crippen LogP contribution in [0.4, 0.5) is 5.82 Å². The number of aryl methyl sites for hydroxylation is 1. The molecular weight excluding hydrogens is 325 g/mol. The smallest absolute Gasteiger partial charge is 0.143 e. The van der Waals surface area contributed by atoms with E-state index in [-0.39, 0.29) is 5.41 Å². The molecule has 0 aliphatic rings. The standard InChI is InChI=1S/C13H22IN3/c1-6-7-15-12-11(14)9(2)16-10(17-12)8-13(3,4)5/h6-8H2,1-5H3,(H,15,16,17). The second-order valence-corrected chi connectivity index (χ2v) is 6.63. The van der Waals surface area contributed by atoms with Gasteiger partial charge in [-0.05, 0) is 41.4 Å². The predicted octanol–water partition coefficient (Wildman–Crippen LogP) is 3.80. The number of anilines is 1. The summed E-state index contributed by atoms with van der Waals surface area (Å²) in [6.07, 6.45) is 2.01. The topological polar surface area (TPSA) is 37.8 Å². The largest absolute Gasteiger partial charge is 0.369 e. The minimum Gasteiger partial charge on any atom is -0.369 e. The minimum atomic E-state index is 0.223. The monoisotopic (exact) mass is 347 g/mol. The van der Waals surface area contributed by atoms with Gasteiger partial charge in [0.25, 0.3) is 0 Å². The molecule has 0 aromatic carbocycles. The van der Waals surface area contributed by atoms with Gasteiger partial charge in [0.1, 0.15) is 11.6 Å². The molecule has 1 rings (SSSR count). The molecule has 0 aliphatic carbocycles. The van der Waals surface area contributed by atoms with E-state index in [4.69, 9.17) is 0 Å². The normalized spacial score (nSPS) is 11.6. The van der Waals surface area contributed by atoms with Crippen LogP contribution in [0.1, 0.15) is 45.6 Å². The number of nitrogens with zero attached hydrogens (tertiary/aromatic N) is 2. The maximum Gasteiger partial charge on any atom is 0.143 e. The van der Waals surface area contributed by atoms with Crippen LogP contribution in [-0.4, -0.2) is 16.5 Å². The van der Waals surface area contributed by atoms with Gasteiger partial charge in [-0.1, -0.05) is 27.7 Å². The highest BCUT2D eigenvalue weighted by Crippen LogP contribution is 2.23. The molecule has 0 bridgehead atoms. The molecule has 1 aromatic heterocycles. The van der Waals surface area contributed by atoms with Gasteiger partial charge in [0, 0.05) is 13.0 Å². The quantitative estimate of drug-likeness (QED) is 0.842. The maximum atomic E-state index is 4.63. The first-order valence-corrected chi connectivity index (χ1v) is 7.18. The van der Waals surface area contributed by atoms with Crippen molar-refractivity contribution in [1.29, 1.82) is 0 Å². The molecule has 0 fully saturated rings. The number of rotatable bonds is 4. The molecule has 4 heteroatoms. The molecule has 1 aromatic rings. The molecule has 3 nitrogen and oxygen atoms in total. The van der Waals surface area contributed by atoms with Crippen LogP contribution in [0.25, 0.3) is 0 Å². The summed E-state index contributed by atoms with van der Waals surface area (Å²) < 4.78 is 1.13. The number of aromatic nitrogens is 2. The first-order chi connectivity index (χ1) is 7.83. The van der Waals surface area contributed by atoms with E-state index in [1.54, 1.807) is 0 Å². The fourth-order valence-corrected chi connectivity index (χ4v) is 1.96. The van der Waals surface area contributed by atoms with Crippen molar-refractivity contribution >= 4 is 28.4 Å². The third-order valence-corrected chi connectivity index (χ3v) is 3.59. The van der Waals surface area contributed by atoms with Gasteiger partial charge in [-0.25, -0.2) is 9.97 Å². The highest BCUT2D eigenvalue weighted by Gasteiger charge is 2.16. The third-order valence-electron chi connectivity index (χ3n) is 2.29. The lowest BCUT2D eigenvalue weighted by Crippen LogP contribution is -2.15. The van der Waals surface area contributed by atoms with E-state index >= 15 is 0 Å². The minimum absolute atomic E-state index is 0.223. The maximum absolute atomic E-state index is 4.63. The zero-order valence-electron chi connectivity index (χ0n) is 11.4. The zero-order valence-corrected chi connectivity index (χ0v) is 13.6. The summed E-state index contributed by atoms with van der Waals surface area (Å²) in [6.45, 7) is 11.8. The molecule has 0 unspecified atom stereocenters. The molecule has 0 radical (unpaired) electrons. The van der Waals surface area contributed by atoms with Crippen molar-refractivity contribution in [1.82, 2.24) is 9.97 Å². The summed E-state index contributed by atoms with van der Waals surface area (Å²) in [5.41, 5.74) is 1.29. The Labute approximate surface area is 118 Å². The molecule has 96 valence electrons. The average Bonchev–Trinajstić information content (AvgIpc) is 2.18. The molecule has 0 saturated carbocycles. The SMILES string of the molecule is CCCNc1nc(CC(C)(C)C)nc(C)c1I. The fraction of sp³-hybridized carbons (Fsp3) is 0.692. The summed E-state index contributed by atoms with van der Waals surface area (Å²) in [5, 5.41) is 3.37. The Kier molecular flexibility index (Phi) is 5.16. The summed E-state index contributed by atoms with van der Waals surface area (Å²) >= 11 is 2.31. The van der Waals surface area contributed by atoms with Crippen LogP contribution >= 0.6 is 22.6 Å². The average molecular weight is 347 g/mol. The van der Waals surface area contributed by atoms with Gasteiger partial charge in [-0.2, -0.15) is 0 Å². The van der Waals surface area contributed by atoms with E-state index in [1.807, 2.05) is 6.92 Å². The van der Waals surface area contributed by atoms with Crippen LogP contribution in [0.2, 0.25) is 0 Å². The molecule has 1 heterocycles. The molecule has 0 amide bonds. The number of hydrogen-bond acceptors (Lipinski definition) is 3. The Morgan fingerprint density at radius 1 is 1.24 bits per heavy atom. The molecular formula is C13H22IN3. The van der Waals surface area contributed by atoms with Crippen LogP contribution in [-0.2, 0) is 6.42 Å². The second-order valence-electron chi connectivity index (χ2n) is 5.55. The van der Waals surface area contributed by atoms with Crippen LogP contribution in [0.5, 0.6) is 0 Å². The van der Waals surface area contributed by atoms with E-state index in [0.717, 1.165) is 40.3 Å². The predicted molar refractivity (Wildman–Crippen MR) is 81.4 cm³/mol. The van der Waals surface area contributed by atoms with Crippen LogP contribution < -0.4 is 5.32 Å². The summed E-state index contributed by atoms with van der Waals surface area (Å²) in [6, 6.07) is 0. The van der Waals surface area contributed by atoms with Crippen molar-refractivity contribution in [3.8, 4) is 0 Å². The van der Waals surface area contributed by atoms with Crippen molar-refractivity contribution in [2.24, 2.45) is 5.41 Å². The zero-order chi connectivity index (χ0) is 13.1. The lowest BCUT2D eigenvalue weighted by Gasteiger charge is -2.18. The number of halogens is 1. The fourth-order valence-electron chi connectivity index (χ4n) is 1.53. The molecule has 0 saturated heterocycles. The molecule has 1 N–H and O–H groups in total. The van der Waals surface area contributed by atoms with Crippen molar-refractivity contribution in [3.63, 3.8) is 0 Å². The van der Waals surface area contributed by atoms with Crippen LogP contribution in [0.15, 0.2) is 0 Å². The van der Waals surface area contributed by atoms with Crippen molar-refractivity contribution < 1.29 is 0 Å². The van der Waals surface area contributed by atoms with Crippen molar-refractivity contribution in [2.45, 2.75) is 47.5 Å². The first kappa shape index (κ1) is 14.7. The van der Waals surface area contributed by atoms with Crippen LogP contribution in [0, 0.1) is 15.9 Å². The Bertz CT molecular complexity index is 383. The van der Waals surface area contributed by atoms with Gasteiger partial charge in [0.05, 0.1) is 9.26 Å². The number of nitrogens with one attached hydrogen (secondary N) is 1. The van der Waals surface area contributed by atoms with E-state index < -0.39 is 0 Å². The highest BCUT2D eigenvalue weighted by atomic mass is 127. The van der Waals surface area contributed by atoms with Crippen LogP contribution in [0.3, 0.4) is 0 Å². The van der Waals surface area contributed by atoms with E-state index in [9.17, 15) is 0 Å². The van der Waals surface area contributed by atoms with E-state index in [2.05, 4.69) is 65.6 Å². The van der Waals surface area contributed by atoms with Gasteiger partial charge < -0.3 is 5.32 Å². The Morgan fingerprint density at radius 2 is 1.88 bits per heavy atom. The summed E-state index contributed by atoms with van der Waals surface area (Å²) in [5.74, 6) is 1.92. The Morgan fingerprint density at radius 3 is 2.41 bits per heavy atom. The first-order valence-electron chi connectivity index (χ1n) is 6.10. The van der Waals surface area contributed by atoms with E-state index in [0.29, 0.717) is 0 Å². The Hall–Kier alpha value is -0.390. The summed E-state index contributed by atoms with van der Waals surface area (Å²) in [7, 11) is 0. The Balaban J connectivity index is 2.97. The number of hydrogen-bond donors (Lipinski definition) is 1. The van der Waals surface area contributed by atoms with Crippen molar-refractivity contribution in [3.05, 3.63) is 15.1 Å².